The first-order valence-corrected chi connectivity index (χ1v) is 4.41. The van der Waals surface area contributed by atoms with Gasteiger partial charge in [-0.05, 0) is 26.9 Å². The van der Waals surface area contributed by atoms with Gasteiger partial charge in [-0.2, -0.15) is 0 Å². The highest BCUT2D eigenvalue weighted by molar-refractivity contribution is 4.84. The normalized spacial score (nSPS) is 16.9. The average Bonchev–Trinajstić information content (AvgIpc) is 2.00. The minimum absolute atomic E-state index is 0.0226. The summed E-state index contributed by atoms with van der Waals surface area (Å²) in [4.78, 5) is 2.14. The zero-order valence-corrected chi connectivity index (χ0v) is 8.22. The molecule has 0 aliphatic heterocycles. The van der Waals surface area contributed by atoms with Gasteiger partial charge in [0.05, 0.1) is 6.61 Å². The zero-order chi connectivity index (χ0) is 8.91. The van der Waals surface area contributed by atoms with Crippen LogP contribution in [0.25, 0.3) is 0 Å². The van der Waals surface area contributed by atoms with E-state index in [9.17, 15) is 5.11 Å². The molecule has 1 N–H and O–H groups in total. The molecule has 0 amide bonds. The molecular weight excluding hydrogens is 138 g/mol. The van der Waals surface area contributed by atoms with Crippen molar-refractivity contribution in [3.05, 3.63) is 0 Å². The Kier molecular flexibility index (Phi) is 4.69. The number of hydrogen-bond donors (Lipinski definition) is 1. The molecule has 0 spiro atoms. The summed E-state index contributed by atoms with van der Waals surface area (Å²) in [6.07, 6.45) is 3.23. The van der Waals surface area contributed by atoms with Gasteiger partial charge in [0, 0.05) is 5.54 Å². The Labute approximate surface area is 70.2 Å². The van der Waals surface area contributed by atoms with Gasteiger partial charge in [-0.3, -0.25) is 0 Å². The first kappa shape index (κ1) is 10.9. The Balaban J connectivity index is 4.20. The molecule has 11 heavy (non-hydrogen) atoms. The molecule has 0 rings (SSSR count). The van der Waals surface area contributed by atoms with E-state index in [2.05, 4.69) is 18.7 Å². The van der Waals surface area contributed by atoms with E-state index in [0.717, 1.165) is 19.3 Å². The van der Waals surface area contributed by atoms with Crippen LogP contribution in [-0.2, 0) is 0 Å². The van der Waals surface area contributed by atoms with Crippen molar-refractivity contribution >= 4 is 0 Å². The van der Waals surface area contributed by atoms with E-state index in [1.165, 1.54) is 0 Å². The van der Waals surface area contributed by atoms with Crippen LogP contribution in [0.4, 0.5) is 0 Å². The van der Waals surface area contributed by atoms with Crippen molar-refractivity contribution in [1.29, 1.82) is 0 Å². The average molecular weight is 159 g/mol. The van der Waals surface area contributed by atoms with Gasteiger partial charge in [-0.1, -0.05) is 20.3 Å². The third-order valence-corrected chi connectivity index (χ3v) is 2.62. The van der Waals surface area contributed by atoms with E-state index in [-0.39, 0.29) is 12.1 Å². The lowest BCUT2D eigenvalue weighted by Gasteiger charge is -2.37. The van der Waals surface area contributed by atoms with Crippen LogP contribution >= 0.6 is 0 Å². The lowest BCUT2D eigenvalue weighted by Crippen LogP contribution is -2.46. The fourth-order valence-corrected chi connectivity index (χ4v) is 1.51. The van der Waals surface area contributed by atoms with Crippen LogP contribution in [0, 0.1) is 0 Å². The van der Waals surface area contributed by atoms with Gasteiger partial charge >= 0.3 is 0 Å². The summed E-state index contributed by atoms with van der Waals surface area (Å²) in [5, 5.41) is 9.24. The van der Waals surface area contributed by atoms with E-state index < -0.39 is 0 Å². The summed E-state index contributed by atoms with van der Waals surface area (Å²) in [5.74, 6) is 0. The molecule has 0 aliphatic carbocycles. The Morgan fingerprint density at radius 2 is 1.82 bits per heavy atom. The molecule has 2 nitrogen and oxygen atoms in total. The largest absolute Gasteiger partial charge is 0.394 e. The van der Waals surface area contributed by atoms with Gasteiger partial charge in [-0.15, -0.1) is 0 Å². The quantitative estimate of drug-likeness (QED) is 0.657. The molecule has 0 saturated carbocycles. The van der Waals surface area contributed by atoms with Crippen molar-refractivity contribution in [3.8, 4) is 0 Å². The summed E-state index contributed by atoms with van der Waals surface area (Å²) in [6, 6.07) is 0. The number of hydrogen-bond acceptors (Lipinski definition) is 2. The first-order chi connectivity index (χ1) is 5.13. The number of aliphatic hydroxyl groups is 1. The van der Waals surface area contributed by atoms with E-state index in [1.807, 2.05) is 14.1 Å². The smallest absolute Gasteiger partial charge is 0.0615 e. The molecule has 1 atom stereocenters. The van der Waals surface area contributed by atoms with Crippen molar-refractivity contribution in [2.24, 2.45) is 0 Å². The Bertz CT molecular complexity index is 97.7. The van der Waals surface area contributed by atoms with Gasteiger partial charge in [0.1, 0.15) is 0 Å². The van der Waals surface area contributed by atoms with Crippen LogP contribution in [0.3, 0.4) is 0 Å². The highest BCUT2D eigenvalue weighted by atomic mass is 16.3. The molecule has 1 unspecified atom stereocenters. The van der Waals surface area contributed by atoms with Gasteiger partial charge in [0.2, 0.25) is 0 Å². The number of aliphatic hydroxyl groups excluding tert-OH is 1. The lowest BCUT2D eigenvalue weighted by atomic mass is 9.90. The molecule has 0 fully saturated rings. The van der Waals surface area contributed by atoms with Crippen molar-refractivity contribution in [1.82, 2.24) is 4.90 Å². The number of rotatable bonds is 5. The maximum absolute atomic E-state index is 9.24. The van der Waals surface area contributed by atoms with Crippen molar-refractivity contribution in [2.75, 3.05) is 20.7 Å². The van der Waals surface area contributed by atoms with Crippen molar-refractivity contribution in [2.45, 2.75) is 38.6 Å². The Morgan fingerprint density at radius 3 is 1.91 bits per heavy atom. The standard InChI is InChI=1S/C9H21NO/c1-5-7-9(6-2,8-11)10(3)4/h11H,5-8H2,1-4H3. The molecule has 0 aromatic rings. The maximum atomic E-state index is 9.24. The van der Waals surface area contributed by atoms with E-state index >= 15 is 0 Å². The minimum Gasteiger partial charge on any atom is -0.394 e. The van der Waals surface area contributed by atoms with Crippen molar-refractivity contribution in [3.63, 3.8) is 0 Å². The third kappa shape index (κ3) is 2.46. The highest BCUT2D eigenvalue weighted by Crippen LogP contribution is 2.22. The predicted octanol–water partition coefficient (Wildman–Crippen LogP) is 1.49. The van der Waals surface area contributed by atoms with Crippen LogP contribution in [0.5, 0.6) is 0 Å². The summed E-state index contributed by atoms with van der Waals surface area (Å²) in [7, 11) is 4.07. The molecule has 0 aromatic carbocycles. The summed E-state index contributed by atoms with van der Waals surface area (Å²) < 4.78 is 0. The Hall–Kier alpha value is -0.0800. The predicted molar refractivity (Wildman–Crippen MR) is 48.7 cm³/mol. The van der Waals surface area contributed by atoms with Gasteiger partial charge < -0.3 is 10.0 Å². The van der Waals surface area contributed by atoms with E-state index in [4.69, 9.17) is 0 Å². The van der Waals surface area contributed by atoms with Gasteiger partial charge in [0.25, 0.3) is 0 Å². The SMILES string of the molecule is CCCC(CC)(CO)N(C)C. The zero-order valence-electron chi connectivity index (χ0n) is 8.22. The van der Waals surface area contributed by atoms with Gasteiger partial charge in [-0.25, -0.2) is 0 Å². The first-order valence-electron chi connectivity index (χ1n) is 4.41. The van der Waals surface area contributed by atoms with Crippen LogP contribution in [0.1, 0.15) is 33.1 Å². The summed E-state index contributed by atoms with van der Waals surface area (Å²) >= 11 is 0. The monoisotopic (exact) mass is 159 g/mol. The summed E-state index contributed by atoms with van der Waals surface area (Å²) in [5.41, 5.74) is 0.0226. The van der Waals surface area contributed by atoms with Gasteiger partial charge in [0.15, 0.2) is 0 Å². The lowest BCUT2D eigenvalue weighted by molar-refractivity contribution is 0.0561. The van der Waals surface area contributed by atoms with E-state index in [1.54, 1.807) is 0 Å². The summed E-state index contributed by atoms with van der Waals surface area (Å²) in [6.45, 7) is 4.56. The minimum atomic E-state index is 0.0226. The van der Waals surface area contributed by atoms with Crippen LogP contribution in [0.15, 0.2) is 0 Å². The molecule has 0 aliphatic rings. The number of nitrogens with zero attached hydrogens (tertiary/aromatic N) is 1. The molecule has 0 aromatic heterocycles. The Morgan fingerprint density at radius 1 is 1.27 bits per heavy atom. The second-order valence-electron chi connectivity index (χ2n) is 3.38. The number of likely N-dealkylation sites (N-methyl/N-ethyl adjacent to an activating group) is 1. The third-order valence-electron chi connectivity index (χ3n) is 2.62. The molecule has 0 heterocycles. The molecule has 2 heteroatoms. The molecule has 0 bridgehead atoms. The van der Waals surface area contributed by atoms with Crippen molar-refractivity contribution < 1.29 is 5.11 Å². The van der Waals surface area contributed by atoms with Crippen LogP contribution in [0.2, 0.25) is 0 Å². The topological polar surface area (TPSA) is 23.5 Å². The highest BCUT2D eigenvalue weighted by Gasteiger charge is 2.28. The second kappa shape index (κ2) is 4.73. The molecule has 68 valence electrons. The maximum Gasteiger partial charge on any atom is 0.0615 e. The van der Waals surface area contributed by atoms with E-state index in [0.29, 0.717) is 0 Å². The molecular formula is C9H21NO. The fourth-order valence-electron chi connectivity index (χ4n) is 1.51. The van der Waals surface area contributed by atoms with Crippen LogP contribution < -0.4 is 0 Å². The fraction of sp³-hybridized carbons (Fsp3) is 1.00. The molecule has 0 radical (unpaired) electrons. The van der Waals surface area contributed by atoms with Crippen LogP contribution in [-0.4, -0.2) is 36.2 Å². The molecule has 0 saturated heterocycles. The second-order valence-corrected chi connectivity index (χ2v) is 3.38.